The lowest BCUT2D eigenvalue weighted by Gasteiger charge is -2.12. The number of amides is 1. The van der Waals surface area contributed by atoms with Gasteiger partial charge in [0.1, 0.15) is 5.75 Å². The van der Waals surface area contributed by atoms with Crippen LogP contribution in [0.3, 0.4) is 0 Å². The van der Waals surface area contributed by atoms with Gasteiger partial charge in [-0.15, -0.1) is 0 Å². The minimum atomic E-state index is -0.204. The van der Waals surface area contributed by atoms with E-state index in [2.05, 4.69) is 5.32 Å². The van der Waals surface area contributed by atoms with Gasteiger partial charge in [-0.3, -0.25) is 4.79 Å². The fourth-order valence-electron chi connectivity index (χ4n) is 1.11. The Bertz CT molecular complexity index is 348. The summed E-state index contributed by atoms with van der Waals surface area (Å²) in [5, 5.41) is 12.4. The van der Waals surface area contributed by atoms with E-state index in [-0.39, 0.29) is 11.7 Å². The Kier molecular flexibility index (Phi) is 2.96. The third kappa shape index (κ3) is 1.96. The molecular weight excluding hydrogens is 180 g/mol. The second kappa shape index (κ2) is 4.00. The smallest absolute Gasteiger partial charge is 0.257 e. The Morgan fingerprint density at radius 1 is 1.43 bits per heavy atom. The van der Waals surface area contributed by atoms with Crippen molar-refractivity contribution >= 4 is 11.6 Å². The lowest BCUT2D eigenvalue weighted by atomic mass is 10.1. The van der Waals surface area contributed by atoms with E-state index in [9.17, 15) is 9.90 Å². The van der Waals surface area contributed by atoms with Gasteiger partial charge >= 0.3 is 0 Å². The highest BCUT2D eigenvalue weighted by Gasteiger charge is 2.12. The van der Waals surface area contributed by atoms with E-state index in [4.69, 9.17) is 0 Å². The van der Waals surface area contributed by atoms with Crippen LogP contribution in [0.2, 0.25) is 0 Å². The van der Waals surface area contributed by atoms with E-state index in [1.807, 2.05) is 0 Å². The van der Waals surface area contributed by atoms with Gasteiger partial charge < -0.3 is 15.3 Å². The van der Waals surface area contributed by atoms with Crippen LogP contribution in [-0.2, 0) is 0 Å². The highest BCUT2D eigenvalue weighted by molar-refractivity contribution is 5.97. The van der Waals surface area contributed by atoms with Crippen molar-refractivity contribution in [2.75, 3.05) is 26.5 Å². The summed E-state index contributed by atoms with van der Waals surface area (Å²) in [4.78, 5) is 12.9. The van der Waals surface area contributed by atoms with Crippen LogP contribution in [0.25, 0.3) is 0 Å². The quantitative estimate of drug-likeness (QED) is 0.742. The van der Waals surface area contributed by atoms with Gasteiger partial charge in [0.15, 0.2) is 0 Å². The van der Waals surface area contributed by atoms with Gasteiger partial charge in [0.05, 0.1) is 5.56 Å². The first-order chi connectivity index (χ1) is 6.56. The zero-order valence-electron chi connectivity index (χ0n) is 8.53. The summed E-state index contributed by atoms with van der Waals surface area (Å²) in [5.41, 5.74) is 1.09. The normalized spacial score (nSPS) is 9.64. The van der Waals surface area contributed by atoms with Crippen LogP contribution in [0.15, 0.2) is 18.2 Å². The van der Waals surface area contributed by atoms with Crippen LogP contribution >= 0.6 is 0 Å². The molecule has 0 unspecified atom stereocenters. The van der Waals surface area contributed by atoms with Gasteiger partial charge in [-0.2, -0.15) is 0 Å². The standard InChI is InChI=1S/C10H14N2O2/c1-11-7-4-5-8(9(13)6-7)10(14)12(2)3/h4-6,11,13H,1-3H3. The monoisotopic (exact) mass is 194 g/mol. The number of carbonyl (C=O) groups excluding carboxylic acids is 1. The first kappa shape index (κ1) is 10.4. The van der Waals surface area contributed by atoms with Gasteiger partial charge in [0.25, 0.3) is 5.91 Å². The summed E-state index contributed by atoms with van der Waals surface area (Å²) >= 11 is 0. The molecule has 1 aromatic carbocycles. The Hall–Kier alpha value is -1.71. The molecule has 0 saturated heterocycles. The number of rotatable bonds is 2. The van der Waals surface area contributed by atoms with E-state index in [0.29, 0.717) is 5.56 Å². The van der Waals surface area contributed by atoms with Crippen molar-refractivity contribution < 1.29 is 9.90 Å². The van der Waals surface area contributed by atoms with Crippen molar-refractivity contribution in [1.29, 1.82) is 0 Å². The maximum atomic E-state index is 11.5. The number of hydrogen-bond donors (Lipinski definition) is 2. The number of carbonyl (C=O) groups is 1. The van der Waals surface area contributed by atoms with Crippen LogP contribution in [0.5, 0.6) is 5.75 Å². The van der Waals surface area contributed by atoms with Crippen molar-refractivity contribution in [1.82, 2.24) is 4.90 Å². The SMILES string of the molecule is CNc1ccc(C(=O)N(C)C)c(O)c1. The molecule has 0 aliphatic rings. The first-order valence-electron chi connectivity index (χ1n) is 4.28. The van der Waals surface area contributed by atoms with E-state index in [1.54, 1.807) is 33.3 Å². The van der Waals surface area contributed by atoms with Crippen LogP contribution in [0.4, 0.5) is 5.69 Å². The number of hydrogen-bond acceptors (Lipinski definition) is 3. The van der Waals surface area contributed by atoms with Crippen molar-refractivity contribution in [3.05, 3.63) is 23.8 Å². The number of anilines is 1. The van der Waals surface area contributed by atoms with Crippen LogP contribution in [-0.4, -0.2) is 37.1 Å². The first-order valence-corrected chi connectivity index (χ1v) is 4.28. The second-order valence-corrected chi connectivity index (χ2v) is 3.18. The number of nitrogens with zero attached hydrogens (tertiary/aromatic N) is 1. The molecule has 0 fully saturated rings. The minimum Gasteiger partial charge on any atom is -0.507 e. The third-order valence-corrected chi connectivity index (χ3v) is 1.92. The lowest BCUT2D eigenvalue weighted by molar-refractivity contribution is 0.0824. The van der Waals surface area contributed by atoms with E-state index < -0.39 is 0 Å². The fourth-order valence-corrected chi connectivity index (χ4v) is 1.11. The molecule has 0 heterocycles. The molecule has 4 nitrogen and oxygen atoms in total. The summed E-state index contributed by atoms with van der Waals surface area (Å²) in [6.07, 6.45) is 0. The van der Waals surface area contributed by atoms with Gasteiger partial charge in [0.2, 0.25) is 0 Å². The highest BCUT2D eigenvalue weighted by Crippen LogP contribution is 2.22. The Morgan fingerprint density at radius 3 is 2.50 bits per heavy atom. The predicted octanol–water partition coefficient (Wildman–Crippen LogP) is 1.14. The van der Waals surface area contributed by atoms with Gasteiger partial charge in [-0.25, -0.2) is 0 Å². The number of benzene rings is 1. The molecule has 0 atom stereocenters. The van der Waals surface area contributed by atoms with Gasteiger partial charge in [0, 0.05) is 32.9 Å². The molecule has 0 bridgehead atoms. The Morgan fingerprint density at radius 2 is 2.07 bits per heavy atom. The van der Waals surface area contributed by atoms with Crippen molar-refractivity contribution in [3.8, 4) is 5.75 Å². The summed E-state index contributed by atoms with van der Waals surface area (Å²) in [6, 6.07) is 4.87. The number of phenols is 1. The molecular formula is C10H14N2O2. The highest BCUT2D eigenvalue weighted by atomic mass is 16.3. The largest absolute Gasteiger partial charge is 0.507 e. The molecule has 14 heavy (non-hydrogen) atoms. The van der Waals surface area contributed by atoms with E-state index >= 15 is 0 Å². The molecule has 2 N–H and O–H groups in total. The van der Waals surface area contributed by atoms with Crippen LogP contribution < -0.4 is 5.32 Å². The second-order valence-electron chi connectivity index (χ2n) is 3.18. The molecule has 0 aliphatic heterocycles. The predicted molar refractivity (Wildman–Crippen MR) is 55.7 cm³/mol. The topological polar surface area (TPSA) is 52.6 Å². The zero-order valence-corrected chi connectivity index (χ0v) is 8.53. The molecule has 4 heteroatoms. The number of phenolic OH excluding ortho intramolecular Hbond substituents is 1. The molecule has 0 aromatic heterocycles. The van der Waals surface area contributed by atoms with E-state index in [1.165, 1.54) is 11.0 Å². The molecule has 0 saturated carbocycles. The minimum absolute atomic E-state index is 0.00412. The summed E-state index contributed by atoms with van der Waals surface area (Å²) in [5.74, 6) is -0.208. The molecule has 1 amide bonds. The van der Waals surface area contributed by atoms with E-state index in [0.717, 1.165) is 5.69 Å². The van der Waals surface area contributed by atoms with Gasteiger partial charge in [-0.05, 0) is 12.1 Å². The molecule has 1 aromatic rings. The van der Waals surface area contributed by atoms with Crippen molar-refractivity contribution in [2.24, 2.45) is 0 Å². The van der Waals surface area contributed by atoms with Crippen molar-refractivity contribution in [3.63, 3.8) is 0 Å². The molecule has 0 aliphatic carbocycles. The van der Waals surface area contributed by atoms with Crippen LogP contribution in [0.1, 0.15) is 10.4 Å². The zero-order chi connectivity index (χ0) is 10.7. The molecule has 1 rings (SSSR count). The average molecular weight is 194 g/mol. The fraction of sp³-hybridized carbons (Fsp3) is 0.300. The Balaban J connectivity index is 3.06. The summed E-state index contributed by atoms with van der Waals surface area (Å²) in [7, 11) is 5.05. The van der Waals surface area contributed by atoms with Crippen molar-refractivity contribution in [2.45, 2.75) is 0 Å². The van der Waals surface area contributed by atoms with Gasteiger partial charge in [-0.1, -0.05) is 0 Å². The third-order valence-electron chi connectivity index (χ3n) is 1.92. The number of nitrogens with one attached hydrogen (secondary N) is 1. The molecule has 76 valence electrons. The number of aromatic hydroxyl groups is 1. The molecule has 0 spiro atoms. The maximum Gasteiger partial charge on any atom is 0.257 e. The molecule has 0 radical (unpaired) electrons. The summed E-state index contributed by atoms with van der Waals surface area (Å²) < 4.78 is 0. The van der Waals surface area contributed by atoms with Crippen LogP contribution in [0, 0.1) is 0 Å². The summed E-state index contributed by atoms with van der Waals surface area (Å²) in [6.45, 7) is 0. The lowest BCUT2D eigenvalue weighted by Crippen LogP contribution is -2.21. The maximum absolute atomic E-state index is 11.5. The average Bonchev–Trinajstić information content (AvgIpc) is 2.16. The Labute approximate surface area is 83.2 Å².